The summed E-state index contributed by atoms with van der Waals surface area (Å²) in [6.45, 7) is 1.64. The Morgan fingerprint density at radius 2 is 1.82 bits per heavy atom. The molecule has 1 aromatic heterocycles. The summed E-state index contributed by atoms with van der Waals surface area (Å²) >= 11 is 1.73. The maximum atomic E-state index is 13.7. The number of ether oxygens (including phenoxy) is 2. The Kier molecular flexibility index (Phi) is 7.98. The number of carbonyl (C=O) groups is 2. The van der Waals surface area contributed by atoms with E-state index >= 15 is 0 Å². The number of benzene rings is 2. The summed E-state index contributed by atoms with van der Waals surface area (Å²) in [5.41, 5.74) is 2.78. The highest BCUT2D eigenvalue weighted by Gasteiger charge is 2.34. The number of methoxy groups -OCH3 is 2. The van der Waals surface area contributed by atoms with Crippen LogP contribution in [0.5, 0.6) is 5.75 Å². The van der Waals surface area contributed by atoms with E-state index in [0.717, 1.165) is 23.3 Å². The molecule has 1 aliphatic rings. The van der Waals surface area contributed by atoms with Crippen molar-refractivity contribution in [2.45, 2.75) is 18.9 Å². The minimum atomic E-state index is -0.180. The number of thiophene rings is 1. The van der Waals surface area contributed by atoms with Gasteiger partial charge in [-0.25, -0.2) is 0 Å². The SMILES string of the molecule is COCCCN(CC(=O)N1CCc2sccc2C1c1ccc(OC)cc1)C(=O)c1ccccc1. The molecule has 0 fully saturated rings. The van der Waals surface area contributed by atoms with Crippen LogP contribution in [-0.2, 0) is 16.0 Å². The second-order valence-corrected chi connectivity index (χ2v) is 9.25. The molecular weight excluding hydrogens is 448 g/mol. The zero-order valence-electron chi connectivity index (χ0n) is 19.6. The molecule has 1 atom stereocenters. The zero-order valence-corrected chi connectivity index (χ0v) is 20.4. The van der Waals surface area contributed by atoms with E-state index in [1.807, 2.05) is 47.4 Å². The largest absolute Gasteiger partial charge is 0.497 e. The van der Waals surface area contributed by atoms with Crippen LogP contribution in [0.2, 0.25) is 0 Å². The van der Waals surface area contributed by atoms with Crippen molar-refractivity contribution in [1.82, 2.24) is 9.80 Å². The summed E-state index contributed by atoms with van der Waals surface area (Å²) in [5, 5.41) is 2.09. The molecular formula is C27H30N2O4S. The van der Waals surface area contributed by atoms with Crippen molar-refractivity contribution in [2.24, 2.45) is 0 Å². The van der Waals surface area contributed by atoms with Crippen molar-refractivity contribution in [3.63, 3.8) is 0 Å². The first-order valence-corrected chi connectivity index (χ1v) is 12.3. The molecule has 3 aromatic rings. The summed E-state index contributed by atoms with van der Waals surface area (Å²) in [6.07, 6.45) is 1.49. The number of hydrogen-bond acceptors (Lipinski definition) is 5. The van der Waals surface area contributed by atoms with Crippen LogP contribution in [0.1, 0.15) is 38.8 Å². The van der Waals surface area contributed by atoms with Gasteiger partial charge >= 0.3 is 0 Å². The summed E-state index contributed by atoms with van der Waals surface area (Å²) in [5.74, 6) is 0.583. The molecule has 0 saturated heterocycles. The predicted molar refractivity (Wildman–Crippen MR) is 133 cm³/mol. The molecule has 0 saturated carbocycles. The van der Waals surface area contributed by atoms with Crippen LogP contribution >= 0.6 is 11.3 Å². The number of amides is 2. The van der Waals surface area contributed by atoms with E-state index in [1.165, 1.54) is 4.88 Å². The molecule has 0 N–H and O–H groups in total. The second kappa shape index (κ2) is 11.3. The first-order valence-electron chi connectivity index (χ1n) is 11.4. The molecule has 7 heteroatoms. The lowest BCUT2D eigenvalue weighted by Crippen LogP contribution is -2.47. The van der Waals surface area contributed by atoms with E-state index < -0.39 is 0 Å². The third kappa shape index (κ3) is 5.32. The van der Waals surface area contributed by atoms with Gasteiger partial charge in [0.1, 0.15) is 12.3 Å². The Bertz CT molecular complexity index is 1100. The van der Waals surface area contributed by atoms with Crippen molar-refractivity contribution < 1.29 is 19.1 Å². The zero-order chi connectivity index (χ0) is 23.9. The Balaban J connectivity index is 1.59. The molecule has 1 unspecified atom stereocenters. The first kappa shape index (κ1) is 24.0. The van der Waals surface area contributed by atoms with Gasteiger partial charge in [-0.2, -0.15) is 0 Å². The normalized spacial score (nSPS) is 15.0. The van der Waals surface area contributed by atoms with Crippen molar-refractivity contribution >= 4 is 23.2 Å². The number of rotatable bonds is 9. The van der Waals surface area contributed by atoms with Crippen molar-refractivity contribution in [3.8, 4) is 5.75 Å². The monoisotopic (exact) mass is 478 g/mol. The van der Waals surface area contributed by atoms with Gasteiger partial charge in [0.25, 0.3) is 5.91 Å². The Labute approximate surface area is 204 Å². The Hall–Kier alpha value is -3.16. The molecule has 2 heterocycles. The van der Waals surface area contributed by atoms with Gasteiger partial charge in [0.15, 0.2) is 0 Å². The molecule has 0 bridgehead atoms. The molecule has 2 aromatic carbocycles. The number of nitrogens with zero attached hydrogens (tertiary/aromatic N) is 2. The fraction of sp³-hybridized carbons (Fsp3) is 0.333. The number of hydrogen-bond donors (Lipinski definition) is 0. The Morgan fingerprint density at radius 3 is 2.53 bits per heavy atom. The molecule has 2 amide bonds. The third-order valence-corrected chi connectivity index (χ3v) is 7.12. The van der Waals surface area contributed by atoms with Crippen LogP contribution in [-0.4, -0.2) is 62.1 Å². The molecule has 0 spiro atoms. The maximum absolute atomic E-state index is 13.7. The van der Waals surface area contributed by atoms with Gasteiger partial charge in [-0.05, 0) is 59.7 Å². The lowest BCUT2D eigenvalue weighted by atomic mass is 9.93. The van der Waals surface area contributed by atoms with Gasteiger partial charge in [0.05, 0.1) is 13.2 Å². The van der Waals surface area contributed by atoms with Gasteiger partial charge in [0, 0.05) is 37.2 Å². The summed E-state index contributed by atoms with van der Waals surface area (Å²) in [7, 11) is 3.28. The third-order valence-electron chi connectivity index (χ3n) is 6.13. The van der Waals surface area contributed by atoms with E-state index in [-0.39, 0.29) is 24.4 Å². The van der Waals surface area contributed by atoms with Crippen LogP contribution in [0.3, 0.4) is 0 Å². The van der Waals surface area contributed by atoms with E-state index in [1.54, 1.807) is 42.6 Å². The lowest BCUT2D eigenvalue weighted by molar-refractivity contribution is -0.134. The smallest absolute Gasteiger partial charge is 0.254 e. The van der Waals surface area contributed by atoms with Gasteiger partial charge in [0.2, 0.25) is 5.91 Å². The summed E-state index contributed by atoms with van der Waals surface area (Å²) in [4.78, 5) is 31.8. The topological polar surface area (TPSA) is 59.1 Å². The number of fused-ring (bicyclic) bond motifs is 1. The van der Waals surface area contributed by atoms with Crippen LogP contribution in [0.15, 0.2) is 66.0 Å². The molecule has 0 radical (unpaired) electrons. The first-order chi connectivity index (χ1) is 16.6. The van der Waals surface area contributed by atoms with Crippen LogP contribution in [0, 0.1) is 0 Å². The van der Waals surface area contributed by atoms with Gasteiger partial charge in [-0.3, -0.25) is 9.59 Å². The standard InChI is InChI=1S/C27H30N2O4S/c1-32-17-6-15-28(27(31)21-7-4-3-5-8-21)19-25(30)29-16-13-24-23(14-18-34-24)26(29)20-9-11-22(33-2)12-10-20/h3-5,7-12,14,18,26H,6,13,15-17,19H2,1-2H3. The lowest BCUT2D eigenvalue weighted by Gasteiger charge is -2.37. The maximum Gasteiger partial charge on any atom is 0.254 e. The van der Waals surface area contributed by atoms with Crippen molar-refractivity contribution in [2.75, 3.05) is 40.5 Å². The van der Waals surface area contributed by atoms with Crippen LogP contribution in [0.25, 0.3) is 0 Å². The molecule has 34 heavy (non-hydrogen) atoms. The van der Waals surface area contributed by atoms with Crippen LogP contribution in [0.4, 0.5) is 0 Å². The fourth-order valence-electron chi connectivity index (χ4n) is 4.40. The average Bonchev–Trinajstić information content (AvgIpc) is 3.37. The van der Waals surface area contributed by atoms with Gasteiger partial charge in [-0.1, -0.05) is 30.3 Å². The van der Waals surface area contributed by atoms with E-state index in [2.05, 4.69) is 11.4 Å². The molecule has 178 valence electrons. The minimum absolute atomic E-state index is 0.0313. The quantitative estimate of drug-likeness (QED) is 0.428. The van der Waals surface area contributed by atoms with E-state index in [4.69, 9.17) is 9.47 Å². The molecule has 0 aliphatic carbocycles. The summed E-state index contributed by atoms with van der Waals surface area (Å²) < 4.78 is 10.5. The number of carbonyl (C=O) groups excluding carboxylic acids is 2. The van der Waals surface area contributed by atoms with Crippen molar-refractivity contribution in [1.29, 1.82) is 0 Å². The van der Waals surface area contributed by atoms with Gasteiger partial charge < -0.3 is 19.3 Å². The highest BCUT2D eigenvalue weighted by Crippen LogP contribution is 2.38. The molecule has 4 rings (SSSR count). The fourth-order valence-corrected chi connectivity index (χ4v) is 5.30. The van der Waals surface area contributed by atoms with Gasteiger partial charge in [-0.15, -0.1) is 11.3 Å². The Morgan fingerprint density at radius 1 is 1.06 bits per heavy atom. The minimum Gasteiger partial charge on any atom is -0.497 e. The van der Waals surface area contributed by atoms with Crippen LogP contribution < -0.4 is 4.74 Å². The van der Waals surface area contributed by atoms with E-state index in [0.29, 0.717) is 31.7 Å². The predicted octanol–water partition coefficient (Wildman–Crippen LogP) is 4.41. The second-order valence-electron chi connectivity index (χ2n) is 8.25. The van der Waals surface area contributed by atoms with E-state index in [9.17, 15) is 9.59 Å². The summed E-state index contributed by atoms with van der Waals surface area (Å²) in [6, 6.07) is 18.9. The van der Waals surface area contributed by atoms with Crippen molar-refractivity contribution in [3.05, 3.63) is 87.6 Å². The molecule has 1 aliphatic heterocycles. The highest BCUT2D eigenvalue weighted by atomic mass is 32.1. The highest BCUT2D eigenvalue weighted by molar-refractivity contribution is 7.10. The molecule has 6 nitrogen and oxygen atoms in total. The average molecular weight is 479 g/mol.